The molecule has 1 heterocycles. The molecule has 0 saturated heterocycles. The average molecular weight is 394 g/mol. The van der Waals surface area contributed by atoms with Gasteiger partial charge in [-0.05, 0) is 40.9 Å². The van der Waals surface area contributed by atoms with Crippen LogP contribution < -0.4 is 5.32 Å². The molecule has 1 aromatic rings. The van der Waals surface area contributed by atoms with Gasteiger partial charge in [-0.3, -0.25) is 4.99 Å². The van der Waals surface area contributed by atoms with E-state index in [9.17, 15) is 0 Å². The molecule has 0 radical (unpaired) electrons. The van der Waals surface area contributed by atoms with Crippen molar-refractivity contribution in [1.82, 2.24) is 0 Å². The average Bonchev–Trinajstić information content (AvgIpc) is 2.83. The molecule has 0 amide bonds. The number of amidine groups is 1. The predicted molar refractivity (Wildman–Crippen MR) is 93.5 cm³/mol. The van der Waals surface area contributed by atoms with E-state index >= 15 is 0 Å². The van der Waals surface area contributed by atoms with Crippen LogP contribution in [0.4, 0.5) is 5.69 Å². The quantitative estimate of drug-likeness (QED) is 0.594. The molecule has 20 heavy (non-hydrogen) atoms. The molecule has 0 atom stereocenters. The number of aliphatic imine (C=N–C) groups is 1. The summed E-state index contributed by atoms with van der Waals surface area (Å²) in [5.74, 6) is 1.08. The van der Waals surface area contributed by atoms with E-state index in [-0.39, 0.29) is 5.54 Å². The molecule has 2 aliphatic rings. The molecule has 1 saturated carbocycles. The van der Waals surface area contributed by atoms with E-state index in [4.69, 9.17) is 28.2 Å². The summed E-state index contributed by atoms with van der Waals surface area (Å²) in [6, 6.07) is 3.82. The second-order valence-electron chi connectivity index (χ2n) is 5.34. The van der Waals surface area contributed by atoms with Crippen molar-refractivity contribution in [2.45, 2.75) is 37.6 Å². The van der Waals surface area contributed by atoms with Gasteiger partial charge >= 0.3 is 0 Å². The minimum absolute atomic E-state index is 0.164. The second-order valence-corrected chi connectivity index (χ2v) is 7.91. The number of hydrogen-bond donors (Lipinski definition) is 1. The van der Waals surface area contributed by atoms with E-state index in [0.717, 1.165) is 21.1 Å². The lowest BCUT2D eigenvalue weighted by molar-refractivity contribution is 0.335. The molecule has 1 aromatic carbocycles. The topological polar surface area (TPSA) is 24.4 Å². The van der Waals surface area contributed by atoms with Crippen molar-refractivity contribution < 1.29 is 0 Å². The molecule has 108 valence electrons. The van der Waals surface area contributed by atoms with Gasteiger partial charge in [-0.1, -0.05) is 54.2 Å². The number of anilines is 1. The molecule has 1 fully saturated rings. The van der Waals surface area contributed by atoms with E-state index in [2.05, 4.69) is 21.2 Å². The van der Waals surface area contributed by atoms with Crippen molar-refractivity contribution in [1.29, 1.82) is 0 Å². The number of thioether (sulfide) groups is 1. The van der Waals surface area contributed by atoms with Gasteiger partial charge in [0.1, 0.15) is 0 Å². The number of benzene rings is 1. The van der Waals surface area contributed by atoms with Gasteiger partial charge in [-0.2, -0.15) is 0 Å². The van der Waals surface area contributed by atoms with Crippen LogP contribution in [0.2, 0.25) is 10.0 Å². The maximum atomic E-state index is 6.27. The van der Waals surface area contributed by atoms with Crippen LogP contribution in [0.5, 0.6) is 0 Å². The molecular formula is C14H15BrCl2N2S. The highest BCUT2D eigenvalue weighted by Gasteiger charge is 2.36. The first-order chi connectivity index (χ1) is 9.60. The Labute approximate surface area is 141 Å². The predicted octanol–water partition coefficient (Wildman–Crippen LogP) is 5.97. The number of hydrogen-bond acceptors (Lipinski definition) is 3. The van der Waals surface area contributed by atoms with E-state index < -0.39 is 0 Å². The molecule has 1 spiro atoms. The Morgan fingerprint density at radius 1 is 1.15 bits per heavy atom. The lowest BCUT2D eigenvalue weighted by Gasteiger charge is -2.29. The minimum Gasteiger partial charge on any atom is -0.334 e. The van der Waals surface area contributed by atoms with Crippen molar-refractivity contribution in [2.75, 3.05) is 11.1 Å². The lowest BCUT2D eigenvalue weighted by Crippen LogP contribution is -2.29. The van der Waals surface area contributed by atoms with Gasteiger partial charge in [-0.15, -0.1) is 0 Å². The smallest absolute Gasteiger partial charge is 0.161 e. The monoisotopic (exact) mass is 392 g/mol. The van der Waals surface area contributed by atoms with Gasteiger partial charge in [0.25, 0.3) is 0 Å². The largest absolute Gasteiger partial charge is 0.334 e. The van der Waals surface area contributed by atoms with Crippen LogP contribution in [-0.2, 0) is 0 Å². The minimum atomic E-state index is 0.164. The van der Waals surface area contributed by atoms with Gasteiger partial charge < -0.3 is 5.32 Å². The van der Waals surface area contributed by atoms with Gasteiger partial charge in [0, 0.05) is 10.2 Å². The molecular weight excluding hydrogens is 379 g/mol. The van der Waals surface area contributed by atoms with Crippen molar-refractivity contribution >= 4 is 61.7 Å². The fourth-order valence-electron chi connectivity index (χ4n) is 2.75. The molecule has 3 rings (SSSR count). The van der Waals surface area contributed by atoms with Crippen molar-refractivity contribution in [3.8, 4) is 0 Å². The van der Waals surface area contributed by atoms with Gasteiger partial charge in [0.05, 0.1) is 21.3 Å². The Balaban J connectivity index is 1.79. The Hall–Kier alpha value is 0.1000. The first-order valence-corrected chi connectivity index (χ1v) is 9.26. The van der Waals surface area contributed by atoms with Crippen LogP contribution in [0.15, 0.2) is 21.6 Å². The summed E-state index contributed by atoms with van der Waals surface area (Å²) >= 11 is 17.6. The lowest BCUT2D eigenvalue weighted by atomic mass is 9.84. The summed E-state index contributed by atoms with van der Waals surface area (Å²) in [4.78, 5) is 4.92. The summed E-state index contributed by atoms with van der Waals surface area (Å²) in [6.45, 7) is 0. The van der Waals surface area contributed by atoms with E-state index in [0.29, 0.717) is 10.0 Å². The maximum Gasteiger partial charge on any atom is 0.161 e. The molecule has 1 aliphatic carbocycles. The summed E-state index contributed by atoms with van der Waals surface area (Å²) < 4.78 is 0.805. The fourth-order valence-corrected chi connectivity index (χ4v) is 4.77. The molecule has 2 nitrogen and oxygen atoms in total. The summed E-state index contributed by atoms with van der Waals surface area (Å²) in [6.07, 6.45) is 6.35. The van der Waals surface area contributed by atoms with E-state index in [1.807, 2.05) is 12.1 Å². The highest BCUT2D eigenvalue weighted by Crippen LogP contribution is 2.41. The van der Waals surface area contributed by atoms with Crippen LogP contribution >= 0.6 is 50.9 Å². The Morgan fingerprint density at radius 2 is 1.90 bits per heavy atom. The van der Waals surface area contributed by atoms with Crippen molar-refractivity contribution in [3.63, 3.8) is 0 Å². The highest BCUT2D eigenvalue weighted by molar-refractivity contribution is 9.10. The van der Waals surface area contributed by atoms with Crippen LogP contribution in [0.3, 0.4) is 0 Å². The Bertz CT molecular complexity index is 556. The molecule has 0 aromatic heterocycles. The summed E-state index contributed by atoms with van der Waals surface area (Å²) in [5, 5.41) is 5.36. The van der Waals surface area contributed by atoms with Crippen LogP contribution in [-0.4, -0.2) is 16.5 Å². The highest BCUT2D eigenvalue weighted by atomic mass is 79.9. The van der Waals surface area contributed by atoms with Gasteiger partial charge in [0.2, 0.25) is 0 Å². The van der Waals surface area contributed by atoms with Crippen molar-refractivity contribution in [3.05, 3.63) is 26.7 Å². The zero-order chi connectivity index (χ0) is 14.2. The zero-order valence-electron chi connectivity index (χ0n) is 10.9. The molecule has 6 heteroatoms. The SMILES string of the molecule is Clc1c(Br)ccc(NC2=NC3(CCCCC3)CS2)c1Cl. The number of nitrogens with one attached hydrogen (secondary N) is 1. The van der Waals surface area contributed by atoms with Gasteiger partial charge in [0.15, 0.2) is 5.17 Å². The zero-order valence-corrected chi connectivity index (χ0v) is 14.8. The van der Waals surface area contributed by atoms with Crippen LogP contribution in [0, 0.1) is 0 Å². The van der Waals surface area contributed by atoms with E-state index in [1.165, 1.54) is 32.1 Å². The Morgan fingerprint density at radius 3 is 2.65 bits per heavy atom. The fraction of sp³-hybridized carbons (Fsp3) is 0.500. The van der Waals surface area contributed by atoms with Crippen molar-refractivity contribution in [2.24, 2.45) is 4.99 Å². The molecule has 1 aliphatic heterocycles. The third-order valence-corrected chi connectivity index (χ3v) is 6.80. The molecule has 0 unspecified atom stereocenters. The molecule has 0 bridgehead atoms. The Kier molecular flexibility index (Phi) is 4.56. The third kappa shape index (κ3) is 2.99. The van der Waals surface area contributed by atoms with E-state index in [1.54, 1.807) is 11.8 Å². The first kappa shape index (κ1) is 15.0. The summed E-state index contributed by atoms with van der Waals surface area (Å²) in [5.41, 5.74) is 0.982. The summed E-state index contributed by atoms with van der Waals surface area (Å²) in [7, 11) is 0. The third-order valence-electron chi connectivity index (χ3n) is 3.88. The standard InChI is InChI=1S/C14H15BrCl2N2S/c15-9-4-5-10(12(17)11(9)16)18-13-19-14(8-20-13)6-2-1-3-7-14/h4-5H,1-3,6-8H2,(H,18,19). The van der Waals surface area contributed by atoms with Crippen LogP contribution in [0.25, 0.3) is 0 Å². The second kappa shape index (κ2) is 6.07. The van der Waals surface area contributed by atoms with Gasteiger partial charge in [-0.25, -0.2) is 0 Å². The number of rotatable bonds is 1. The number of halogens is 3. The normalized spacial score (nSPS) is 21.1. The number of nitrogens with zero attached hydrogens (tertiary/aromatic N) is 1. The molecule has 1 N–H and O–H groups in total. The van der Waals surface area contributed by atoms with Crippen LogP contribution in [0.1, 0.15) is 32.1 Å². The maximum absolute atomic E-state index is 6.27. The first-order valence-electron chi connectivity index (χ1n) is 6.73.